The van der Waals surface area contributed by atoms with E-state index in [1.165, 1.54) is 31.3 Å². The molecule has 1 aromatic rings. The van der Waals surface area contributed by atoms with E-state index in [-0.39, 0.29) is 17.6 Å². The molecule has 4 heteroatoms. The van der Waals surface area contributed by atoms with Gasteiger partial charge in [-0.15, -0.1) is 0 Å². The third kappa shape index (κ3) is 2.81. The first kappa shape index (κ1) is 19.8. The van der Waals surface area contributed by atoms with Gasteiger partial charge in [0, 0.05) is 23.7 Å². The summed E-state index contributed by atoms with van der Waals surface area (Å²) in [6.45, 7) is 6.99. The van der Waals surface area contributed by atoms with E-state index in [9.17, 15) is 10.2 Å². The molecule has 0 radical (unpaired) electrons. The topological polar surface area (TPSA) is 58.3 Å². The zero-order valence-electron chi connectivity index (χ0n) is 18.6. The van der Waals surface area contributed by atoms with E-state index in [2.05, 4.69) is 31.9 Å². The molecule has 160 valence electrons. The van der Waals surface area contributed by atoms with Gasteiger partial charge in [0.2, 0.25) is 0 Å². The predicted octanol–water partition coefficient (Wildman–Crippen LogP) is 4.49. The van der Waals surface area contributed by atoms with E-state index in [0.717, 1.165) is 48.8 Å². The van der Waals surface area contributed by atoms with Gasteiger partial charge in [0.05, 0.1) is 18.4 Å². The van der Waals surface area contributed by atoms with Crippen LogP contribution in [0.25, 0.3) is 6.08 Å². The van der Waals surface area contributed by atoms with Crippen LogP contribution in [0.5, 0.6) is 0 Å². The average molecular weight is 399 g/mol. The summed E-state index contributed by atoms with van der Waals surface area (Å²) in [4.78, 5) is 0. The van der Waals surface area contributed by atoms with Crippen LogP contribution >= 0.6 is 0 Å². The number of aromatic nitrogens is 2. The molecule has 0 saturated heterocycles. The van der Waals surface area contributed by atoms with Crippen molar-refractivity contribution in [3.8, 4) is 0 Å². The van der Waals surface area contributed by atoms with E-state index < -0.39 is 0 Å². The van der Waals surface area contributed by atoms with Crippen molar-refractivity contribution in [2.45, 2.75) is 84.3 Å². The Morgan fingerprint density at radius 3 is 2.55 bits per heavy atom. The van der Waals surface area contributed by atoms with Gasteiger partial charge in [-0.3, -0.25) is 4.68 Å². The molecule has 0 unspecified atom stereocenters. The Morgan fingerprint density at radius 2 is 1.83 bits per heavy atom. The third-order valence-corrected chi connectivity index (χ3v) is 10.1. The zero-order valence-corrected chi connectivity index (χ0v) is 18.6. The van der Waals surface area contributed by atoms with Gasteiger partial charge in [-0.1, -0.05) is 13.8 Å². The van der Waals surface area contributed by atoms with Crippen molar-refractivity contribution in [2.75, 3.05) is 0 Å². The highest BCUT2D eigenvalue weighted by Gasteiger charge is 2.61. The number of fused-ring (bicyclic) bond motifs is 5. The first-order valence-corrected chi connectivity index (χ1v) is 11.8. The molecule has 0 bridgehead atoms. The molecule has 4 nitrogen and oxygen atoms in total. The van der Waals surface area contributed by atoms with Crippen LogP contribution in [0, 0.1) is 41.4 Å². The van der Waals surface area contributed by atoms with Gasteiger partial charge in [0.15, 0.2) is 0 Å². The summed E-state index contributed by atoms with van der Waals surface area (Å²) in [5.41, 5.74) is 3.94. The van der Waals surface area contributed by atoms with E-state index in [0.29, 0.717) is 17.3 Å². The van der Waals surface area contributed by atoms with E-state index >= 15 is 0 Å². The van der Waals surface area contributed by atoms with Crippen LogP contribution < -0.4 is 0 Å². The summed E-state index contributed by atoms with van der Waals surface area (Å²) >= 11 is 0. The van der Waals surface area contributed by atoms with Gasteiger partial charge in [0.25, 0.3) is 0 Å². The molecule has 0 spiro atoms. The van der Waals surface area contributed by atoms with Crippen molar-refractivity contribution in [1.29, 1.82) is 0 Å². The smallest absolute Gasteiger partial charge is 0.0809 e. The molecule has 0 aromatic carbocycles. The lowest BCUT2D eigenvalue weighted by atomic mass is 9.45. The van der Waals surface area contributed by atoms with Crippen LogP contribution in [0.3, 0.4) is 0 Å². The maximum atomic E-state index is 11.4. The van der Waals surface area contributed by atoms with Gasteiger partial charge < -0.3 is 10.2 Å². The first-order valence-electron chi connectivity index (χ1n) is 11.8. The predicted molar refractivity (Wildman–Crippen MR) is 115 cm³/mol. The zero-order chi connectivity index (χ0) is 20.6. The standard InChI is InChI=1S/C25H38N2O2/c1-15-17(14-26-27(15)4)11-16-12-22-20-6-5-18-13-19(28)7-9-24(18,2)21(20)8-10-25(22,3)23(16)29/h11,14,18-23,28-29H,5-10,12-13H2,1-4H3/b16-11-/t18-,19+,20+,21-,22-,23+,24-,25-/m0/s1. The molecule has 4 fully saturated rings. The average Bonchev–Trinajstić information content (AvgIpc) is 3.14. The maximum Gasteiger partial charge on any atom is 0.0809 e. The van der Waals surface area contributed by atoms with Crippen LogP contribution in [-0.2, 0) is 7.05 Å². The number of aryl methyl sites for hydroxylation is 1. The van der Waals surface area contributed by atoms with Crippen molar-refractivity contribution in [3.63, 3.8) is 0 Å². The molecule has 0 amide bonds. The molecule has 1 aromatic heterocycles. The van der Waals surface area contributed by atoms with Crippen molar-refractivity contribution in [2.24, 2.45) is 41.5 Å². The highest BCUT2D eigenvalue weighted by atomic mass is 16.3. The van der Waals surface area contributed by atoms with E-state index in [4.69, 9.17) is 0 Å². The highest BCUT2D eigenvalue weighted by Crippen LogP contribution is 2.67. The van der Waals surface area contributed by atoms with Gasteiger partial charge >= 0.3 is 0 Å². The maximum absolute atomic E-state index is 11.4. The fourth-order valence-corrected chi connectivity index (χ4v) is 8.09. The molecular weight excluding hydrogens is 360 g/mol. The molecule has 4 saturated carbocycles. The van der Waals surface area contributed by atoms with Crippen molar-refractivity contribution < 1.29 is 10.2 Å². The summed E-state index contributed by atoms with van der Waals surface area (Å²) in [5, 5.41) is 26.0. The second-order valence-electron chi connectivity index (χ2n) is 11.3. The van der Waals surface area contributed by atoms with Crippen molar-refractivity contribution >= 4 is 6.08 Å². The minimum Gasteiger partial charge on any atom is -0.393 e. The number of hydrogen-bond donors (Lipinski definition) is 2. The summed E-state index contributed by atoms with van der Waals surface area (Å²) in [6.07, 6.45) is 12.9. The molecule has 5 rings (SSSR count). The highest BCUT2D eigenvalue weighted by molar-refractivity contribution is 5.57. The Hall–Kier alpha value is -1.13. The number of hydrogen-bond acceptors (Lipinski definition) is 3. The second-order valence-corrected chi connectivity index (χ2v) is 11.3. The van der Waals surface area contributed by atoms with Gasteiger partial charge in [-0.25, -0.2) is 0 Å². The Labute approximate surface area is 175 Å². The molecule has 2 N–H and O–H groups in total. The van der Waals surface area contributed by atoms with E-state index in [1.807, 2.05) is 17.9 Å². The Morgan fingerprint density at radius 1 is 1.07 bits per heavy atom. The SMILES string of the molecule is Cc1c(/C=C2/C[C@H]3[C@@H]4CC[C@H]5C[C@H](O)CC[C@]5(C)[C@H]4CC[C@]3(C)[C@@H]2O)cnn1C. The fraction of sp³-hybridized carbons (Fsp3) is 0.800. The van der Waals surface area contributed by atoms with Crippen molar-refractivity contribution in [1.82, 2.24) is 9.78 Å². The van der Waals surface area contributed by atoms with Gasteiger partial charge in [-0.05, 0) is 99.0 Å². The number of rotatable bonds is 1. The monoisotopic (exact) mass is 398 g/mol. The molecule has 0 aliphatic heterocycles. The lowest BCUT2D eigenvalue weighted by molar-refractivity contribution is -0.133. The number of aliphatic hydroxyl groups excluding tert-OH is 2. The fourth-order valence-electron chi connectivity index (χ4n) is 8.09. The summed E-state index contributed by atoms with van der Waals surface area (Å²) < 4.78 is 1.91. The summed E-state index contributed by atoms with van der Waals surface area (Å²) in [6, 6.07) is 0. The second kappa shape index (κ2) is 6.68. The Kier molecular flexibility index (Phi) is 4.57. The lowest BCUT2D eigenvalue weighted by Gasteiger charge is -2.60. The molecular formula is C25H38N2O2. The van der Waals surface area contributed by atoms with Crippen LogP contribution in [0.1, 0.15) is 76.5 Å². The van der Waals surface area contributed by atoms with Crippen LogP contribution in [-0.4, -0.2) is 32.2 Å². The Bertz CT molecular complexity index is 829. The lowest BCUT2D eigenvalue weighted by Crippen LogP contribution is -2.54. The minimum atomic E-state index is -0.327. The molecule has 29 heavy (non-hydrogen) atoms. The summed E-state index contributed by atoms with van der Waals surface area (Å²) in [7, 11) is 1.98. The number of nitrogens with zero attached hydrogens (tertiary/aromatic N) is 2. The molecule has 4 aliphatic rings. The normalized spacial score (nSPS) is 48.3. The van der Waals surface area contributed by atoms with Crippen LogP contribution in [0.4, 0.5) is 0 Å². The molecule has 8 atom stereocenters. The van der Waals surface area contributed by atoms with Crippen molar-refractivity contribution in [3.05, 3.63) is 23.0 Å². The van der Waals surface area contributed by atoms with Crippen LogP contribution in [0.15, 0.2) is 11.8 Å². The molecule has 4 aliphatic carbocycles. The molecule has 1 heterocycles. The van der Waals surface area contributed by atoms with E-state index in [1.54, 1.807) is 0 Å². The number of aliphatic hydroxyl groups is 2. The minimum absolute atomic E-state index is 0.0144. The van der Waals surface area contributed by atoms with Crippen LogP contribution in [0.2, 0.25) is 0 Å². The van der Waals surface area contributed by atoms with Gasteiger partial charge in [-0.2, -0.15) is 5.10 Å². The van der Waals surface area contributed by atoms with Gasteiger partial charge in [0.1, 0.15) is 0 Å². The third-order valence-electron chi connectivity index (χ3n) is 10.1. The Balaban J connectivity index is 1.45. The largest absolute Gasteiger partial charge is 0.393 e. The first-order chi connectivity index (χ1) is 13.7. The quantitative estimate of drug-likeness (QED) is 0.733. The summed E-state index contributed by atoms with van der Waals surface area (Å²) in [5.74, 6) is 2.76.